The highest BCUT2D eigenvalue weighted by molar-refractivity contribution is 6.30. The Labute approximate surface area is 126 Å². The van der Waals surface area contributed by atoms with E-state index in [2.05, 4.69) is 29.4 Å². The van der Waals surface area contributed by atoms with Crippen LogP contribution in [-0.2, 0) is 4.79 Å². The molecule has 0 bridgehead atoms. The van der Waals surface area contributed by atoms with Crippen LogP contribution in [0.25, 0.3) is 0 Å². The van der Waals surface area contributed by atoms with Crippen molar-refractivity contribution in [2.75, 3.05) is 38.0 Å². The third kappa shape index (κ3) is 6.89. The number of anilines is 1. The maximum Gasteiger partial charge on any atom is 0.238 e. The van der Waals surface area contributed by atoms with Crippen LogP contribution in [0.4, 0.5) is 5.69 Å². The maximum absolute atomic E-state index is 11.7. The van der Waals surface area contributed by atoms with Crippen molar-refractivity contribution in [3.8, 4) is 0 Å². The number of rotatable bonds is 9. The number of nitrogens with one attached hydrogen (secondary N) is 2. The first-order chi connectivity index (χ1) is 9.65. The summed E-state index contributed by atoms with van der Waals surface area (Å²) in [6.07, 6.45) is 1.05. The minimum Gasteiger partial charge on any atom is -0.325 e. The number of benzene rings is 1. The van der Waals surface area contributed by atoms with Crippen LogP contribution in [0.15, 0.2) is 24.3 Å². The molecule has 2 N–H and O–H groups in total. The van der Waals surface area contributed by atoms with E-state index in [9.17, 15) is 4.79 Å². The van der Waals surface area contributed by atoms with Gasteiger partial charge >= 0.3 is 0 Å². The lowest BCUT2D eigenvalue weighted by molar-refractivity contribution is -0.115. The molecule has 0 fully saturated rings. The van der Waals surface area contributed by atoms with Crippen molar-refractivity contribution in [1.29, 1.82) is 0 Å². The second-order valence-electron chi connectivity index (χ2n) is 4.61. The zero-order chi connectivity index (χ0) is 14.8. The van der Waals surface area contributed by atoms with Gasteiger partial charge in [0.15, 0.2) is 0 Å². The second-order valence-corrected chi connectivity index (χ2v) is 5.05. The summed E-state index contributed by atoms with van der Waals surface area (Å²) in [5, 5.41) is 6.64. The molecule has 0 unspecified atom stereocenters. The molecule has 0 aromatic heterocycles. The molecular formula is C15H24ClN3O. The van der Waals surface area contributed by atoms with Crippen molar-refractivity contribution < 1.29 is 4.79 Å². The topological polar surface area (TPSA) is 44.4 Å². The van der Waals surface area contributed by atoms with Gasteiger partial charge in [0, 0.05) is 10.7 Å². The van der Waals surface area contributed by atoms with Gasteiger partial charge in [-0.25, -0.2) is 0 Å². The molecular weight excluding hydrogens is 274 g/mol. The summed E-state index contributed by atoms with van der Waals surface area (Å²) in [7, 11) is 0. The second kappa shape index (κ2) is 9.75. The number of amides is 1. The number of hydrogen-bond donors (Lipinski definition) is 2. The van der Waals surface area contributed by atoms with E-state index in [1.807, 2.05) is 0 Å². The Morgan fingerprint density at radius 3 is 2.45 bits per heavy atom. The van der Waals surface area contributed by atoms with Gasteiger partial charge in [-0.1, -0.05) is 25.4 Å². The van der Waals surface area contributed by atoms with Crippen LogP contribution in [0.3, 0.4) is 0 Å². The predicted octanol–water partition coefficient (Wildman–Crippen LogP) is 2.60. The summed E-state index contributed by atoms with van der Waals surface area (Å²) < 4.78 is 0. The summed E-state index contributed by atoms with van der Waals surface area (Å²) in [5.41, 5.74) is 0.768. The first kappa shape index (κ1) is 17.0. The van der Waals surface area contributed by atoms with Crippen molar-refractivity contribution in [1.82, 2.24) is 10.2 Å². The fourth-order valence-electron chi connectivity index (χ4n) is 1.91. The predicted molar refractivity (Wildman–Crippen MR) is 85.4 cm³/mol. The van der Waals surface area contributed by atoms with Crippen LogP contribution in [0.5, 0.6) is 0 Å². The summed E-state index contributed by atoms with van der Waals surface area (Å²) in [5.74, 6) is -0.0323. The van der Waals surface area contributed by atoms with E-state index in [1.165, 1.54) is 0 Å². The number of halogens is 1. The van der Waals surface area contributed by atoms with Gasteiger partial charge in [-0.15, -0.1) is 0 Å². The molecule has 1 rings (SSSR count). The highest BCUT2D eigenvalue weighted by Gasteiger charge is 2.02. The smallest absolute Gasteiger partial charge is 0.238 e. The van der Waals surface area contributed by atoms with E-state index in [1.54, 1.807) is 24.3 Å². The number of carbonyl (C=O) groups is 1. The van der Waals surface area contributed by atoms with Crippen LogP contribution >= 0.6 is 11.6 Å². The maximum atomic E-state index is 11.7. The van der Waals surface area contributed by atoms with E-state index < -0.39 is 0 Å². The molecule has 5 heteroatoms. The van der Waals surface area contributed by atoms with Crippen molar-refractivity contribution in [3.05, 3.63) is 29.3 Å². The molecule has 1 aromatic carbocycles. The molecule has 1 amide bonds. The zero-order valence-electron chi connectivity index (χ0n) is 12.3. The average Bonchev–Trinajstić information content (AvgIpc) is 2.45. The van der Waals surface area contributed by atoms with Crippen LogP contribution in [0.2, 0.25) is 5.02 Å². The highest BCUT2D eigenvalue weighted by Crippen LogP contribution is 2.12. The van der Waals surface area contributed by atoms with Gasteiger partial charge in [-0.05, 0) is 56.9 Å². The molecule has 0 spiro atoms. The van der Waals surface area contributed by atoms with Crippen LogP contribution in [0.1, 0.15) is 20.3 Å². The molecule has 0 heterocycles. The first-order valence-electron chi connectivity index (χ1n) is 7.14. The number of nitrogens with zero attached hydrogens (tertiary/aromatic N) is 1. The lowest BCUT2D eigenvalue weighted by Gasteiger charge is -2.17. The Bertz CT molecular complexity index is 391. The third-order valence-electron chi connectivity index (χ3n) is 3.14. The Hall–Kier alpha value is -1.10. The van der Waals surface area contributed by atoms with Gasteiger partial charge in [-0.3, -0.25) is 4.79 Å². The van der Waals surface area contributed by atoms with Gasteiger partial charge in [0.2, 0.25) is 5.91 Å². The van der Waals surface area contributed by atoms with E-state index in [-0.39, 0.29) is 5.91 Å². The van der Waals surface area contributed by atoms with Crippen LogP contribution in [-0.4, -0.2) is 43.5 Å². The van der Waals surface area contributed by atoms with Crippen molar-refractivity contribution in [3.63, 3.8) is 0 Å². The summed E-state index contributed by atoms with van der Waals surface area (Å²) in [6.45, 7) is 8.73. The van der Waals surface area contributed by atoms with Gasteiger partial charge in [-0.2, -0.15) is 0 Å². The normalized spacial score (nSPS) is 10.8. The number of hydrogen-bond acceptors (Lipinski definition) is 3. The molecule has 4 nitrogen and oxygen atoms in total. The Balaban J connectivity index is 2.13. The van der Waals surface area contributed by atoms with Gasteiger partial charge in [0.25, 0.3) is 0 Å². The standard InChI is InChI=1S/C15H24ClN3O/c1-3-19(4-2)11-5-10-17-12-15(20)18-14-8-6-13(16)7-9-14/h6-9,17H,3-5,10-12H2,1-2H3,(H,18,20). The average molecular weight is 298 g/mol. The van der Waals surface area contributed by atoms with Crippen molar-refractivity contribution in [2.45, 2.75) is 20.3 Å². The molecule has 1 aromatic rings. The van der Waals surface area contributed by atoms with Gasteiger partial charge in [0.1, 0.15) is 0 Å². The molecule has 0 atom stereocenters. The summed E-state index contributed by atoms with van der Waals surface area (Å²) >= 11 is 5.79. The Morgan fingerprint density at radius 2 is 1.85 bits per heavy atom. The molecule has 112 valence electrons. The minimum absolute atomic E-state index is 0.0323. The number of carbonyl (C=O) groups excluding carboxylic acids is 1. The lowest BCUT2D eigenvalue weighted by atomic mass is 10.3. The molecule has 0 aliphatic rings. The molecule has 0 radical (unpaired) electrons. The minimum atomic E-state index is -0.0323. The summed E-state index contributed by atoms with van der Waals surface area (Å²) in [6, 6.07) is 7.10. The monoisotopic (exact) mass is 297 g/mol. The Kier molecular flexibility index (Phi) is 8.26. The van der Waals surface area contributed by atoms with Crippen molar-refractivity contribution >= 4 is 23.2 Å². The first-order valence-corrected chi connectivity index (χ1v) is 7.52. The van der Waals surface area contributed by atoms with E-state index >= 15 is 0 Å². The highest BCUT2D eigenvalue weighted by atomic mass is 35.5. The van der Waals surface area contributed by atoms with E-state index in [4.69, 9.17) is 11.6 Å². The fourth-order valence-corrected chi connectivity index (χ4v) is 2.03. The quantitative estimate of drug-likeness (QED) is 0.689. The summed E-state index contributed by atoms with van der Waals surface area (Å²) in [4.78, 5) is 14.1. The molecule has 0 saturated heterocycles. The SMILES string of the molecule is CCN(CC)CCCNCC(=O)Nc1ccc(Cl)cc1. The lowest BCUT2D eigenvalue weighted by Crippen LogP contribution is -2.31. The van der Waals surface area contributed by atoms with Crippen molar-refractivity contribution in [2.24, 2.45) is 0 Å². The van der Waals surface area contributed by atoms with E-state index in [0.717, 1.165) is 38.3 Å². The van der Waals surface area contributed by atoms with Crippen LogP contribution in [0, 0.1) is 0 Å². The van der Waals surface area contributed by atoms with E-state index in [0.29, 0.717) is 11.6 Å². The fraction of sp³-hybridized carbons (Fsp3) is 0.533. The third-order valence-corrected chi connectivity index (χ3v) is 3.39. The molecule has 0 aliphatic heterocycles. The Morgan fingerprint density at radius 1 is 1.20 bits per heavy atom. The van der Waals surface area contributed by atoms with Gasteiger partial charge < -0.3 is 15.5 Å². The van der Waals surface area contributed by atoms with Crippen LogP contribution < -0.4 is 10.6 Å². The molecule has 0 saturated carbocycles. The largest absolute Gasteiger partial charge is 0.325 e. The zero-order valence-corrected chi connectivity index (χ0v) is 13.0. The molecule has 0 aliphatic carbocycles. The van der Waals surface area contributed by atoms with Gasteiger partial charge in [0.05, 0.1) is 6.54 Å². The molecule has 20 heavy (non-hydrogen) atoms.